The molecule has 0 aliphatic rings. The summed E-state index contributed by atoms with van der Waals surface area (Å²) in [5.41, 5.74) is 0. The van der Waals surface area contributed by atoms with E-state index in [0.717, 1.165) is 0 Å². The molecule has 0 radical (unpaired) electrons. The van der Waals surface area contributed by atoms with Crippen LogP contribution >= 0.6 is 0 Å². The second-order valence-corrected chi connectivity index (χ2v) is 2.62. The summed E-state index contributed by atoms with van der Waals surface area (Å²) < 4.78 is 49.1. The number of carbonyl (C=O) groups excluding carboxylic acids is 1. The van der Waals surface area contributed by atoms with E-state index in [4.69, 9.17) is 5.11 Å². The van der Waals surface area contributed by atoms with Gasteiger partial charge in [-0.1, -0.05) is 6.92 Å². The van der Waals surface area contributed by atoms with Crippen LogP contribution in [-0.2, 0) is 14.3 Å². The summed E-state index contributed by atoms with van der Waals surface area (Å²) in [4.78, 5) is 19.4. The van der Waals surface area contributed by atoms with Crippen LogP contribution in [0.4, 0.5) is 17.6 Å². The van der Waals surface area contributed by atoms with Gasteiger partial charge in [0.2, 0.25) is 0 Å². The van der Waals surface area contributed by atoms with E-state index in [9.17, 15) is 27.2 Å². The zero-order chi connectivity index (χ0) is 13.4. The quantitative estimate of drug-likeness (QED) is 0.610. The predicted octanol–water partition coefficient (Wildman–Crippen LogP) is 1.93. The van der Waals surface area contributed by atoms with Gasteiger partial charge in [0.25, 0.3) is 6.43 Å². The van der Waals surface area contributed by atoms with E-state index < -0.39 is 30.9 Å². The Balaban J connectivity index is 0. The topological polar surface area (TPSA) is 63.6 Å². The summed E-state index contributed by atoms with van der Waals surface area (Å²) in [5, 5.41) is 7.50. The highest BCUT2D eigenvalue weighted by molar-refractivity contribution is 5.74. The molecule has 0 aliphatic carbocycles. The fraction of sp³-hybridized carbons (Fsp3) is 0.750. The van der Waals surface area contributed by atoms with E-state index in [1.807, 2.05) is 0 Å². The lowest BCUT2D eigenvalue weighted by molar-refractivity contribution is -0.162. The molecule has 0 atom stereocenters. The van der Waals surface area contributed by atoms with Crippen LogP contribution < -0.4 is 0 Å². The van der Waals surface area contributed by atoms with Gasteiger partial charge in [-0.25, -0.2) is 13.6 Å². The maximum Gasteiger partial charge on any atom is 0.374 e. The summed E-state index contributed by atoms with van der Waals surface area (Å²) in [5.74, 6) is -6.26. The van der Waals surface area contributed by atoms with Crippen molar-refractivity contribution in [2.75, 3.05) is 6.61 Å². The predicted molar refractivity (Wildman–Crippen MR) is 45.5 cm³/mol. The van der Waals surface area contributed by atoms with Gasteiger partial charge < -0.3 is 9.84 Å². The van der Waals surface area contributed by atoms with Crippen molar-refractivity contribution in [1.29, 1.82) is 0 Å². The Morgan fingerprint density at radius 2 is 1.75 bits per heavy atom. The van der Waals surface area contributed by atoms with Gasteiger partial charge in [-0.2, -0.15) is 8.78 Å². The SMILES string of the molecule is CC(F)(F)C(=O)O.CCC(=O)OCC(F)F. The average Bonchev–Trinajstić information content (AvgIpc) is 2.13. The van der Waals surface area contributed by atoms with Crippen LogP contribution in [0.3, 0.4) is 0 Å². The number of hydrogen-bond acceptors (Lipinski definition) is 3. The van der Waals surface area contributed by atoms with Crippen molar-refractivity contribution in [3.8, 4) is 0 Å². The molecule has 0 aromatic heterocycles. The summed E-state index contributed by atoms with van der Waals surface area (Å²) in [6, 6.07) is 0. The molecule has 0 spiro atoms. The van der Waals surface area contributed by atoms with Crippen LogP contribution in [-0.4, -0.2) is 36.0 Å². The fourth-order valence-electron chi connectivity index (χ4n) is 0.258. The Morgan fingerprint density at radius 3 is 1.94 bits per heavy atom. The Morgan fingerprint density at radius 1 is 1.38 bits per heavy atom. The van der Waals surface area contributed by atoms with Gasteiger partial charge in [0.05, 0.1) is 0 Å². The normalized spacial score (nSPS) is 10.4. The van der Waals surface area contributed by atoms with Crippen LogP contribution in [0.1, 0.15) is 20.3 Å². The van der Waals surface area contributed by atoms with E-state index in [-0.39, 0.29) is 6.42 Å². The molecule has 0 aromatic carbocycles. The molecule has 1 N–H and O–H groups in total. The van der Waals surface area contributed by atoms with Crippen LogP contribution in [0.2, 0.25) is 0 Å². The van der Waals surface area contributed by atoms with Gasteiger partial charge in [-0.05, 0) is 0 Å². The van der Waals surface area contributed by atoms with Crippen LogP contribution in [0.5, 0.6) is 0 Å². The van der Waals surface area contributed by atoms with Gasteiger partial charge >= 0.3 is 17.9 Å². The third kappa shape index (κ3) is 12.7. The lowest BCUT2D eigenvalue weighted by Gasteiger charge is -1.99. The zero-order valence-electron chi connectivity index (χ0n) is 8.68. The molecule has 0 bridgehead atoms. The van der Waals surface area contributed by atoms with Crippen LogP contribution in [0.15, 0.2) is 0 Å². The highest BCUT2D eigenvalue weighted by Crippen LogP contribution is 2.09. The molecule has 0 saturated heterocycles. The van der Waals surface area contributed by atoms with E-state index in [0.29, 0.717) is 6.92 Å². The molecule has 0 aromatic rings. The third-order valence-electron chi connectivity index (χ3n) is 1.03. The molecular formula is C8H12F4O4. The maximum atomic E-state index is 11.3. The second kappa shape index (κ2) is 7.89. The Hall–Kier alpha value is -1.34. The smallest absolute Gasteiger partial charge is 0.374 e. The minimum Gasteiger partial charge on any atom is -0.477 e. The number of aliphatic carboxylic acids is 1. The molecule has 0 saturated carbocycles. The fourth-order valence-corrected chi connectivity index (χ4v) is 0.258. The number of alkyl halides is 4. The molecule has 0 amide bonds. The summed E-state index contributed by atoms with van der Waals surface area (Å²) in [6.45, 7) is 1.09. The molecule has 0 fully saturated rings. The number of carboxylic acid groups (broad SMARTS) is 1. The Kier molecular flexibility index (Phi) is 8.41. The molecule has 4 nitrogen and oxygen atoms in total. The van der Waals surface area contributed by atoms with Crippen LogP contribution in [0, 0.1) is 0 Å². The molecule has 0 unspecified atom stereocenters. The first-order valence-electron chi connectivity index (χ1n) is 4.16. The first-order chi connectivity index (χ1) is 7.11. The monoisotopic (exact) mass is 248 g/mol. The van der Waals surface area contributed by atoms with Crippen molar-refractivity contribution < 1.29 is 37.0 Å². The van der Waals surface area contributed by atoms with E-state index in [1.165, 1.54) is 0 Å². The van der Waals surface area contributed by atoms with E-state index in [1.54, 1.807) is 6.92 Å². The first-order valence-corrected chi connectivity index (χ1v) is 4.16. The molecule has 16 heavy (non-hydrogen) atoms. The number of esters is 1. The van der Waals surface area contributed by atoms with E-state index >= 15 is 0 Å². The highest BCUT2D eigenvalue weighted by Gasteiger charge is 2.31. The molecule has 0 aliphatic heterocycles. The number of hydrogen-bond donors (Lipinski definition) is 1. The minimum absolute atomic E-state index is 0.146. The lowest BCUT2D eigenvalue weighted by atomic mass is 10.4. The Labute approximate surface area is 89.2 Å². The van der Waals surface area contributed by atoms with Gasteiger partial charge in [0, 0.05) is 13.3 Å². The first kappa shape index (κ1) is 17.1. The summed E-state index contributed by atoms with van der Waals surface area (Å²) in [6.07, 6.45) is -2.41. The van der Waals surface area contributed by atoms with Crippen molar-refractivity contribution in [2.24, 2.45) is 0 Å². The standard InChI is InChI=1S/C5H8F2O2.C3H4F2O2/c1-2-5(8)9-3-4(6)7;1-3(4,5)2(6)7/h4H,2-3H2,1H3;1H3,(H,6,7). The number of carboxylic acids is 1. The van der Waals surface area contributed by atoms with Crippen molar-refractivity contribution in [2.45, 2.75) is 32.6 Å². The number of ether oxygens (including phenoxy) is 1. The lowest BCUT2D eigenvalue weighted by Crippen LogP contribution is -2.22. The molecule has 0 heterocycles. The van der Waals surface area contributed by atoms with Gasteiger partial charge in [0.15, 0.2) is 6.61 Å². The number of rotatable bonds is 4. The maximum absolute atomic E-state index is 11.3. The largest absolute Gasteiger partial charge is 0.477 e. The Bertz CT molecular complexity index is 225. The second-order valence-electron chi connectivity index (χ2n) is 2.62. The van der Waals surface area contributed by atoms with Crippen molar-refractivity contribution >= 4 is 11.9 Å². The molecule has 0 rings (SSSR count). The third-order valence-corrected chi connectivity index (χ3v) is 1.03. The van der Waals surface area contributed by atoms with Crippen molar-refractivity contribution in [3.05, 3.63) is 0 Å². The molecule has 96 valence electrons. The van der Waals surface area contributed by atoms with Crippen LogP contribution in [0.25, 0.3) is 0 Å². The zero-order valence-corrected chi connectivity index (χ0v) is 8.68. The van der Waals surface area contributed by atoms with Gasteiger partial charge in [0.1, 0.15) is 0 Å². The number of halogens is 4. The molecular weight excluding hydrogens is 236 g/mol. The van der Waals surface area contributed by atoms with Gasteiger partial charge in [-0.3, -0.25) is 4.79 Å². The van der Waals surface area contributed by atoms with E-state index in [2.05, 4.69) is 4.74 Å². The van der Waals surface area contributed by atoms with Crippen molar-refractivity contribution in [1.82, 2.24) is 0 Å². The summed E-state index contributed by atoms with van der Waals surface area (Å²) >= 11 is 0. The molecule has 8 heteroatoms. The van der Waals surface area contributed by atoms with Gasteiger partial charge in [-0.15, -0.1) is 0 Å². The highest BCUT2D eigenvalue weighted by atomic mass is 19.3. The number of carbonyl (C=O) groups is 2. The van der Waals surface area contributed by atoms with Crippen molar-refractivity contribution in [3.63, 3.8) is 0 Å². The summed E-state index contributed by atoms with van der Waals surface area (Å²) in [7, 11) is 0. The minimum atomic E-state index is -3.58. The average molecular weight is 248 g/mol.